The number of amides is 1. The van der Waals surface area contributed by atoms with Gasteiger partial charge in [-0.2, -0.15) is 0 Å². The molecule has 1 heterocycles. The Kier molecular flexibility index (Phi) is 3.18. The Labute approximate surface area is 120 Å². The lowest BCUT2D eigenvalue weighted by molar-refractivity contribution is -0.183. The second kappa shape index (κ2) is 4.78. The Bertz CT molecular complexity index is 602. The summed E-state index contributed by atoms with van der Waals surface area (Å²) in [7, 11) is 1.36. The highest BCUT2D eigenvalue weighted by Crippen LogP contribution is 2.46. The second-order valence-electron chi connectivity index (χ2n) is 5.40. The van der Waals surface area contributed by atoms with Crippen molar-refractivity contribution in [2.45, 2.75) is 24.6 Å². The molecule has 1 aliphatic carbocycles. The molecule has 1 aliphatic heterocycles. The topological polar surface area (TPSA) is 78.9 Å². The monoisotopic (exact) mass is 294 g/mol. The van der Waals surface area contributed by atoms with E-state index in [0.717, 1.165) is 5.06 Å². The summed E-state index contributed by atoms with van der Waals surface area (Å²) in [5.41, 5.74) is -0.392. The molecule has 1 aromatic carbocycles. The summed E-state index contributed by atoms with van der Waals surface area (Å²) in [6, 6.07) is 6.20. The minimum Gasteiger partial charge on any atom is -0.374 e. The molecule has 21 heavy (non-hydrogen) atoms. The van der Waals surface area contributed by atoms with Gasteiger partial charge in [-0.1, -0.05) is 18.2 Å². The molecule has 0 spiro atoms. The van der Waals surface area contributed by atoms with E-state index in [-0.39, 0.29) is 0 Å². The molecule has 2 N–H and O–H groups in total. The predicted molar refractivity (Wildman–Crippen MR) is 68.8 cm³/mol. The van der Waals surface area contributed by atoms with Gasteiger partial charge < -0.3 is 15.3 Å². The van der Waals surface area contributed by atoms with Gasteiger partial charge in [0.15, 0.2) is 12.1 Å². The first-order valence-electron chi connectivity index (χ1n) is 6.64. The van der Waals surface area contributed by atoms with E-state index in [1.54, 1.807) is 18.2 Å². The van der Waals surface area contributed by atoms with Crippen LogP contribution in [0.4, 0.5) is 4.39 Å². The maximum atomic E-state index is 13.9. The van der Waals surface area contributed by atoms with E-state index < -0.39 is 35.4 Å². The summed E-state index contributed by atoms with van der Waals surface area (Å²) in [5.74, 6) is -3.19. The zero-order chi connectivity index (χ0) is 15.2. The highest BCUT2D eigenvalue weighted by molar-refractivity contribution is 5.99. The summed E-state index contributed by atoms with van der Waals surface area (Å²) < 4.78 is 13.9. The Morgan fingerprint density at radius 3 is 2.67 bits per heavy atom. The third-order valence-electron chi connectivity index (χ3n) is 3.94. The SMILES string of the molecule is CN1OC(=O)C(C(=O)NC2(c3ccccc3F)CC2)C1O. The van der Waals surface area contributed by atoms with Crippen molar-refractivity contribution in [3.63, 3.8) is 0 Å². The number of nitrogens with zero attached hydrogens (tertiary/aromatic N) is 1. The quantitative estimate of drug-likeness (QED) is 0.782. The van der Waals surface area contributed by atoms with Crippen LogP contribution >= 0.6 is 0 Å². The van der Waals surface area contributed by atoms with Gasteiger partial charge in [0.25, 0.3) is 0 Å². The Balaban J connectivity index is 1.79. The van der Waals surface area contributed by atoms with Gasteiger partial charge >= 0.3 is 5.97 Å². The summed E-state index contributed by atoms with van der Waals surface area (Å²) in [4.78, 5) is 28.5. The molecule has 0 bridgehead atoms. The molecule has 112 valence electrons. The number of nitrogens with one attached hydrogen (secondary N) is 1. The van der Waals surface area contributed by atoms with Crippen LogP contribution in [-0.4, -0.2) is 35.3 Å². The second-order valence-corrected chi connectivity index (χ2v) is 5.40. The standard InChI is InChI=1S/C14H15FN2O4/c1-17-12(19)10(13(20)21-17)11(18)16-14(6-7-14)8-4-2-3-5-9(8)15/h2-5,10,12,19H,6-7H2,1H3,(H,16,18). The lowest BCUT2D eigenvalue weighted by atomic mass is 10.0. The van der Waals surface area contributed by atoms with Gasteiger partial charge in [0, 0.05) is 12.6 Å². The van der Waals surface area contributed by atoms with Gasteiger partial charge in [-0.3, -0.25) is 4.79 Å². The van der Waals surface area contributed by atoms with Crippen molar-refractivity contribution in [2.75, 3.05) is 7.05 Å². The van der Waals surface area contributed by atoms with Crippen molar-refractivity contribution in [1.82, 2.24) is 10.4 Å². The molecule has 2 aliphatic rings. The van der Waals surface area contributed by atoms with Crippen LogP contribution in [0, 0.1) is 11.7 Å². The maximum absolute atomic E-state index is 13.9. The minimum absolute atomic E-state index is 0.396. The van der Waals surface area contributed by atoms with Crippen LogP contribution in [0.15, 0.2) is 24.3 Å². The van der Waals surface area contributed by atoms with Gasteiger partial charge in [0.1, 0.15) is 5.82 Å². The van der Waals surface area contributed by atoms with E-state index >= 15 is 0 Å². The normalized spacial score (nSPS) is 27.3. The molecule has 1 aromatic rings. The summed E-state index contributed by atoms with van der Waals surface area (Å²) in [6.07, 6.45) is -0.158. The van der Waals surface area contributed by atoms with Crippen molar-refractivity contribution in [1.29, 1.82) is 0 Å². The fourth-order valence-electron chi connectivity index (χ4n) is 2.58. The first kappa shape index (κ1) is 14.0. The molecular weight excluding hydrogens is 279 g/mol. The van der Waals surface area contributed by atoms with E-state index in [1.807, 2.05) is 0 Å². The third-order valence-corrected chi connectivity index (χ3v) is 3.94. The lowest BCUT2D eigenvalue weighted by Gasteiger charge is -2.21. The molecule has 3 rings (SSSR count). The largest absolute Gasteiger partial charge is 0.374 e. The molecule has 2 fully saturated rings. The fourth-order valence-corrected chi connectivity index (χ4v) is 2.58. The number of aliphatic hydroxyl groups excluding tert-OH is 1. The average Bonchev–Trinajstić information content (AvgIpc) is 3.14. The molecular formula is C14H15FN2O4. The maximum Gasteiger partial charge on any atom is 0.341 e. The van der Waals surface area contributed by atoms with Crippen LogP contribution in [-0.2, 0) is 20.0 Å². The minimum atomic E-state index is -1.34. The zero-order valence-electron chi connectivity index (χ0n) is 11.4. The predicted octanol–water partition coefficient (Wildman–Crippen LogP) is 0.269. The lowest BCUT2D eigenvalue weighted by Crippen LogP contribution is -2.45. The number of benzene rings is 1. The first-order valence-corrected chi connectivity index (χ1v) is 6.64. The van der Waals surface area contributed by atoms with Crippen molar-refractivity contribution in [2.24, 2.45) is 5.92 Å². The van der Waals surface area contributed by atoms with Gasteiger partial charge in [-0.25, -0.2) is 9.18 Å². The third kappa shape index (κ3) is 2.28. The molecule has 0 radical (unpaired) electrons. The number of halogens is 1. The van der Waals surface area contributed by atoms with Gasteiger partial charge in [0.05, 0.1) is 5.54 Å². The molecule has 0 aromatic heterocycles. The van der Waals surface area contributed by atoms with Crippen molar-refractivity contribution < 1.29 is 23.9 Å². The number of hydroxylamine groups is 2. The van der Waals surface area contributed by atoms with Gasteiger partial charge in [-0.15, -0.1) is 5.06 Å². The van der Waals surface area contributed by atoms with Crippen LogP contribution in [0.2, 0.25) is 0 Å². The number of carbonyl (C=O) groups excluding carboxylic acids is 2. The van der Waals surface area contributed by atoms with E-state index in [4.69, 9.17) is 0 Å². The molecule has 6 nitrogen and oxygen atoms in total. The Morgan fingerprint density at radius 1 is 1.48 bits per heavy atom. The smallest absolute Gasteiger partial charge is 0.341 e. The summed E-state index contributed by atoms with van der Waals surface area (Å²) in [5, 5.41) is 13.4. The fraction of sp³-hybridized carbons (Fsp3) is 0.429. The molecule has 7 heteroatoms. The van der Waals surface area contributed by atoms with Gasteiger partial charge in [-0.05, 0) is 18.9 Å². The van der Waals surface area contributed by atoms with Crippen molar-refractivity contribution in [3.05, 3.63) is 35.6 Å². The number of hydrogen-bond donors (Lipinski definition) is 2. The summed E-state index contributed by atoms with van der Waals surface area (Å²) in [6.45, 7) is 0. The molecule has 2 atom stereocenters. The van der Waals surface area contributed by atoms with Crippen LogP contribution in [0.1, 0.15) is 18.4 Å². The average molecular weight is 294 g/mol. The van der Waals surface area contributed by atoms with E-state index in [0.29, 0.717) is 18.4 Å². The van der Waals surface area contributed by atoms with Gasteiger partial charge in [0.2, 0.25) is 5.91 Å². The van der Waals surface area contributed by atoms with Crippen molar-refractivity contribution in [3.8, 4) is 0 Å². The Hall–Kier alpha value is -1.99. The zero-order valence-corrected chi connectivity index (χ0v) is 11.4. The van der Waals surface area contributed by atoms with E-state index in [1.165, 1.54) is 13.1 Å². The molecule has 1 saturated carbocycles. The Morgan fingerprint density at radius 2 is 2.14 bits per heavy atom. The first-order chi connectivity index (χ1) is 9.94. The van der Waals surface area contributed by atoms with E-state index in [2.05, 4.69) is 10.2 Å². The van der Waals surface area contributed by atoms with Crippen molar-refractivity contribution >= 4 is 11.9 Å². The highest BCUT2D eigenvalue weighted by atomic mass is 19.1. The molecule has 1 amide bonds. The molecule has 1 saturated heterocycles. The van der Waals surface area contributed by atoms with Crippen LogP contribution in [0.3, 0.4) is 0 Å². The van der Waals surface area contributed by atoms with E-state index in [9.17, 15) is 19.1 Å². The number of rotatable bonds is 3. The number of carbonyl (C=O) groups is 2. The number of aliphatic hydroxyl groups is 1. The summed E-state index contributed by atoms with van der Waals surface area (Å²) >= 11 is 0. The van der Waals surface area contributed by atoms with Crippen LogP contribution in [0.5, 0.6) is 0 Å². The van der Waals surface area contributed by atoms with Crippen LogP contribution < -0.4 is 5.32 Å². The number of hydrogen-bond acceptors (Lipinski definition) is 5. The highest BCUT2D eigenvalue weighted by Gasteiger charge is 2.52. The van der Waals surface area contributed by atoms with Crippen LogP contribution in [0.25, 0.3) is 0 Å². The molecule has 2 unspecified atom stereocenters.